The lowest BCUT2D eigenvalue weighted by molar-refractivity contribution is 0.581. The molecule has 0 aliphatic heterocycles. The molecule has 0 saturated heterocycles. The summed E-state index contributed by atoms with van der Waals surface area (Å²) < 4.78 is 27.0. The number of benzene rings is 1. The quantitative estimate of drug-likeness (QED) is 0.725. The Bertz CT molecular complexity index is 638. The van der Waals surface area contributed by atoms with Gasteiger partial charge in [0.1, 0.15) is 10.7 Å². The minimum absolute atomic E-state index is 0.250. The standard InChI is InChI=1S/C13H18N4O2S/c1-2-7-17-20(18,19)12-6-4-3-5-11(12)16-10-13-14-8-9-15-13/h3-6,8-9,16-17H,2,7,10H2,1H3,(H,14,15). The number of nitrogens with zero attached hydrogens (tertiary/aromatic N) is 1. The lowest BCUT2D eigenvalue weighted by Crippen LogP contribution is -2.25. The van der Waals surface area contributed by atoms with Crippen molar-refractivity contribution in [2.24, 2.45) is 0 Å². The molecule has 0 saturated carbocycles. The van der Waals surface area contributed by atoms with E-state index in [0.29, 0.717) is 18.8 Å². The number of aromatic amines is 1. The molecule has 0 spiro atoms. The van der Waals surface area contributed by atoms with Gasteiger partial charge in [0.25, 0.3) is 0 Å². The summed E-state index contributed by atoms with van der Waals surface area (Å²) in [6, 6.07) is 6.83. The molecule has 3 N–H and O–H groups in total. The third-order valence-corrected chi connectivity index (χ3v) is 4.24. The van der Waals surface area contributed by atoms with Crippen LogP contribution < -0.4 is 10.0 Å². The number of sulfonamides is 1. The van der Waals surface area contributed by atoms with Crippen molar-refractivity contribution in [1.29, 1.82) is 0 Å². The molecule has 0 radical (unpaired) electrons. The molecule has 0 amide bonds. The van der Waals surface area contributed by atoms with Crippen LogP contribution >= 0.6 is 0 Å². The molecule has 0 fully saturated rings. The van der Waals surface area contributed by atoms with Crippen LogP contribution in [0, 0.1) is 0 Å². The van der Waals surface area contributed by atoms with Gasteiger partial charge in [-0.05, 0) is 18.6 Å². The predicted octanol–water partition coefficient (Wildman–Crippen LogP) is 1.71. The van der Waals surface area contributed by atoms with Gasteiger partial charge in [-0.25, -0.2) is 18.1 Å². The van der Waals surface area contributed by atoms with E-state index >= 15 is 0 Å². The van der Waals surface area contributed by atoms with Gasteiger partial charge in [0.05, 0.1) is 12.2 Å². The minimum Gasteiger partial charge on any atom is -0.377 e. The monoisotopic (exact) mass is 294 g/mol. The van der Waals surface area contributed by atoms with E-state index in [1.165, 1.54) is 0 Å². The van der Waals surface area contributed by atoms with Crippen molar-refractivity contribution < 1.29 is 8.42 Å². The van der Waals surface area contributed by atoms with Crippen LogP contribution in [0.15, 0.2) is 41.6 Å². The van der Waals surface area contributed by atoms with E-state index in [9.17, 15) is 8.42 Å². The molecule has 7 heteroatoms. The molecule has 0 bridgehead atoms. The fourth-order valence-electron chi connectivity index (χ4n) is 1.73. The number of hydrogen-bond acceptors (Lipinski definition) is 4. The van der Waals surface area contributed by atoms with E-state index in [1.807, 2.05) is 6.92 Å². The van der Waals surface area contributed by atoms with Crippen LogP contribution in [0.4, 0.5) is 5.69 Å². The second kappa shape index (κ2) is 6.53. The zero-order valence-corrected chi connectivity index (χ0v) is 12.1. The van der Waals surface area contributed by atoms with Gasteiger partial charge < -0.3 is 10.3 Å². The van der Waals surface area contributed by atoms with E-state index in [2.05, 4.69) is 20.0 Å². The number of rotatable bonds is 7. The fourth-order valence-corrected chi connectivity index (χ4v) is 3.05. The number of H-pyrrole nitrogens is 1. The maximum absolute atomic E-state index is 12.2. The van der Waals surface area contributed by atoms with E-state index < -0.39 is 10.0 Å². The molecule has 2 rings (SSSR count). The smallest absolute Gasteiger partial charge is 0.242 e. The number of para-hydroxylation sites is 1. The van der Waals surface area contributed by atoms with Crippen molar-refractivity contribution in [3.8, 4) is 0 Å². The highest BCUT2D eigenvalue weighted by Gasteiger charge is 2.17. The molecule has 1 aromatic carbocycles. The SMILES string of the molecule is CCCNS(=O)(=O)c1ccccc1NCc1ncc[nH]1. The van der Waals surface area contributed by atoms with Crippen LogP contribution in [-0.4, -0.2) is 24.9 Å². The van der Waals surface area contributed by atoms with Crippen LogP contribution in [0.3, 0.4) is 0 Å². The predicted molar refractivity (Wildman–Crippen MR) is 77.8 cm³/mol. The highest BCUT2D eigenvalue weighted by molar-refractivity contribution is 7.89. The van der Waals surface area contributed by atoms with Crippen LogP contribution in [-0.2, 0) is 16.6 Å². The Kier molecular flexibility index (Phi) is 4.75. The zero-order chi connectivity index (χ0) is 14.4. The second-order valence-electron chi connectivity index (χ2n) is 4.28. The molecule has 0 unspecified atom stereocenters. The number of anilines is 1. The molecule has 0 atom stereocenters. The van der Waals surface area contributed by atoms with Crippen molar-refractivity contribution in [2.45, 2.75) is 24.8 Å². The minimum atomic E-state index is -3.49. The maximum atomic E-state index is 12.2. The summed E-state index contributed by atoms with van der Waals surface area (Å²) in [7, 11) is -3.49. The van der Waals surface area contributed by atoms with Crippen LogP contribution in [0.5, 0.6) is 0 Å². The van der Waals surface area contributed by atoms with Gasteiger partial charge in [-0.1, -0.05) is 19.1 Å². The normalized spacial score (nSPS) is 11.4. The lowest BCUT2D eigenvalue weighted by atomic mass is 10.3. The average molecular weight is 294 g/mol. The summed E-state index contributed by atoms with van der Waals surface area (Å²) in [6.07, 6.45) is 4.13. The van der Waals surface area contributed by atoms with Gasteiger partial charge in [0.15, 0.2) is 0 Å². The Hall–Kier alpha value is -1.86. The van der Waals surface area contributed by atoms with Gasteiger partial charge in [-0.2, -0.15) is 0 Å². The van der Waals surface area contributed by atoms with Crippen LogP contribution in [0.1, 0.15) is 19.2 Å². The summed E-state index contributed by atoms with van der Waals surface area (Å²) in [6.45, 7) is 2.78. The van der Waals surface area contributed by atoms with E-state index in [1.54, 1.807) is 36.7 Å². The average Bonchev–Trinajstić information content (AvgIpc) is 2.96. The highest BCUT2D eigenvalue weighted by atomic mass is 32.2. The first-order chi connectivity index (χ1) is 9.63. The molecule has 2 aromatic rings. The number of imidazole rings is 1. The van der Waals surface area contributed by atoms with Crippen molar-refractivity contribution in [2.75, 3.05) is 11.9 Å². The lowest BCUT2D eigenvalue weighted by Gasteiger charge is -2.12. The first-order valence-electron chi connectivity index (χ1n) is 6.44. The van der Waals surface area contributed by atoms with Gasteiger partial charge in [0, 0.05) is 18.9 Å². The fraction of sp³-hybridized carbons (Fsp3) is 0.308. The van der Waals surface area contributed by atoms with Crippen molar-refractivity contribution in [1.82, 2.24) is 14.7 Å². The van der Waals surface area contributed by atoms with E-state index in [0.717, 1.165) is 12.2 Å². The Morgan fingerprint density at radius 1 is 1.30 bits per heavy atom. The molecule has 1 heterocycles. The van der Waals surface area contributed by atoms with Crippen molar-refractivity contribution in [3.63, 3.8) is 0 Å². The maximum Gasteiger partial charge on any atom is 0.242 e. The number of nitrogens with one attached hydrogen (secondary N) is 3. The molecule has 0 aliphatic rings. The van der Waals surface area contributed by atoms with E-state index in [-0.39, 0.29) is 4.90 Å². The summed E-state index contributed by atoms with van der Waals surface area (Å²) in [5, 5.41) is 3.09. The molecule has 108 valence electrons. The van der Waals surface area contributed by atoms with Gasteiger partial charge in [-0.15, -0.1) is 0 Å². The Balaban J connectivity index is 2.17. The van der Waals surface area contributed by atoms with Crippen molar-refractivity contribution in [3.05, 3.63) is 42.5 Å². The summed E-state index contributed by atoms with van der Waals surface area (Å²) >= 11 is 0. The summed E-state index contributed by atoms with van der Waals surface area (Å²) in [4.78, 5) is 7.30. The first kappa shape index (κ1) is 14.5. The number of aromatic nitrogens is 2. The van der Waals surface area contributed by atoms with Crippen LogP contribution in [0.25, 0.3) is 0 Å². The summed E-state index contributed by atoms with van der Waals surface area (Å²) in [5.74, 6) is 0.749. The first-order valence-corrected chi connectivity index (χ1v) is 7.92. The molecular weight excluding hydrogens is 276 g/mol. The molecule has 20 heavy (non-hydrogen) atoms. The van der Waals surface area contributed by atoms with Crippen molar-refractivity contribution >= 4 is 15.7 Å². The third-order valence-electron chi connectivity index (χ3n) is 2.72. The zero-order valence-electron chi connectivity index (χ0n) is 11.3. The Labute approximate surface area is 118 Å². The molecule has 1 aromatic heterocycles. The second-order valence-corrected chi connectivity index (χ2v) is 6.02. The van der Waals surface area contributed by atoms with Gasteiger partial charge >= 0.3 is 0 Å². The highest BCUT2D eigenvalue weighted by Crippen LogP contribution is 2.20. The van der Waals surface area contributed by atoms with Crippen LogP contribution in [0.2, 0.25) is 0 Å². The number of hydrogen-bond donors (Lipinski definition) is 3. The summed E-state index contributed by atoms with van der Waals surface area (Å²) in [5.41, 5.74) is 0.563. The Morgan fingerprint density at radius 2 is 2.10 bits per heavy atom. The molecule has 6 nitrogen and oxygen atoms in total. The largest absolute Gasteiger partial charge is 0.377 e. The molecule has 0 aliphatic carbocycles. The topological polar surface area (TPSA) is 86.9 Å². The van der Waals surface area contributed by atoms with Gasteiger partial charge in [0.2, 0.25) is 10.0 Å². The van der Waals surface area contributed by atoms with E-state index in [4.69, 9.17) is 0 Å². The third kappa shape index (κ3) is 3.58. The molecular formula is C13H18N4O2S. The van der Waals surface area contributed by atoms with Gasteiger partial charge in [-0.3, -0.25) is 0 Å². The Morgan fingerprint density at radius 3 is 2.80 bits per heavy atom.